The summed E-state index contributed by atoms with van der Waals surface area (Å²) >= 11 is 3.60. The second-order valence-corrected chi connectivity index (χ2v) is 7.63. The molecule has 0 aliphatic heterocycles. The van der Waals surface area contributed by atoms with Crippen LogP contribution in [0.5, 0.6) is 0 Å². The number of aromatic nitrogens is 1. The highest BCUT2D eigenvalue weighted by Gasteiger charge is 2.14. The van der Waals surface area contributed by atoms with Crippen LogP contribution in [0, 0.1) is 0 Å². The van der Waals surface area contributed by atoms with Gasteiger partial charge in [0.05, 0.1) is 0 Å². The van der Waals surface area contributed by atoms with Crippen molar-refractivity contribution in [1.29, 1.82) is 0 Å². The second kappa shape index (κ2) is 8.68. The number of nitrogens with two attached hydrogens (primary N) is 1. The maximum Gasteiger partial charge on any atom is 0.0497 e. The predicted molar refractivity (Wildman–Crippen MR) is 112 cm³/mol. The fraction of sp³-hybridized carbons (Fsp3) is 0.364. The molecule has 0 saturated heterocycles. The van der Waals surface area contributed by atoms with Gasteiger partial charge in [-0.15, -0.1) is 0 Å². The van der Waals surface area contributed by atoms with Gasteiger partial charge in [-0.1, -0.05) is 47.5 Å². The van der Waals surface area contributed by atoms with Gasteiger partial charge in [0.15, 0.2) is 0 Å². The Morgan fingerprint density at radius 3 is 2.64 bits per heavy atom. The Labute approximate surface area is 159 Å². The average Bonchev–Trinajstić information content (AvgIpc) is 2.98. The van der Waals surface area contributed by atoms with E-state index in [0.29, 0.717) is 0 Å². The summed E-state index contributed by atoms with van der Waals surface area (Å²) in [4.78, 5) is 3.67. The molecule has 0 aliphatic rings. The van der Waals surface area contributed by atoms with E-state index in [0.717, 1.165) is 36.7 Å². The highest BCUT2D eigenvalue weighted by atomic mass is 79.9. The molecule has 1 aromatic heterocycles. The van der Waals surface area contributed by atoms with Gasteiger partial charge in [-0.2, -0.15) is 0 Å². The predicted octanol–water partition coefficient (Wildman–Crippen LogP) is 6.22. The van der Waals surface area contributed by atoms with Gasteiger partial charge in [0.1, 0.15) is 0 Å². The van der Waals surface area contributed by atoms with Crippen LogP contribution in [0.3, 0.4) is 0 Å². The summed E-state index contributed by atoms with van der Waals surface area (Å²) in [6, 6.07) is 15.4. The van der Waals surface area contributed by atoms with Crippen LogP contribution in [-0.4, -0.2) is 11.5 Å². The van der Waals surface area contributed by atoms with Crippen LogP contribution in [0.1, 0.15) is 43.7 Å². The van der Waals surface area contributed by atoms with Crippen LogP contribution in [0.25, 0.3) is 22.2 Å². The zero-order chi connectivity index (χ0) is 17.6. The zero-order valence-electron chi connectivity index (χ0n) is 14.9. The number of fused-ring (bicyclic) bond motifs is 1. The molecule has 0 bridgehead atoms. The summed E-state index contributed by atoms with van der Waals surface area (Å²) in [5.41, 5.74) is 12.3. The van der Waals surface area contributed by atoms with Gasteiger partial charge in [-0.05, 0) is 79.6 Å². The maximum absolute atomic E-state index is 5.71. The van der Waals surface area contributed by atoms with Gasteiger partial charge in [0.25, 0.3) is 0 Å². The van der Waals surface area contributed by atoms with Crippen molar-refractivity contribution in [3.8, 4) is 11.3 Å². The topological polar surface area (TPSA) is 41.8 Å². The van der Waals surface area contributed by atoms with E-state index in [1.54, 1.807) is 0 Å². The molecule has 2 nitrogen and oxygen atoms in total. The molecule has 0 unspecified atom stereocenters. The number of hydrogen-bond acceptors (Lipinski definition) is 1. The molecule has 2 aromatic carbocycles. The quantitative estimate of drug-likeness (QED) is 0.434. The fourth-order valence-electron chi connectivity index (χ4n) is 3.43. The summed E-state index contributed by atoms with van der Waals surface area (Å²) in [6.07, 6.45) is 6.90. The third-order valence-corrected chi connectivity index (χ3v) is 5.28. The van der Waals surface area contributed by atoms with E-state index in [-0.39, 0.29) is 0 Å². The minimum absolute atomic E-state index is 0.760. The fourth-order valence-corrected chi connectivity index (χ4v) is 3.83. The lowest BCUT2D eigenvalue weighted by Gasteiger charge is -2.06. The molecule has 132 valence electrons. The molecule has 0 radical (unpaired) electrons. The van der Waals surface area contributed by atoms with Crippen molar-refractivity contribution in [1.82, 2.24) is 4.98 Å². The summed E-state index contributed by atoms with van der Waals surface area (Å²) in [5, 5.41) is 1.38. The van der Waals surface area contributed by atoms with Crippen molar-refractivity contribution >= 4 is 26.8 Å². The SMILES string of the molecule is CCCCc1ccc2[nH]c(-c3cccc(Br)c3)c(CCCCN)c2c1. The summed E-state index contributed by atoms with van der Waals surface area (Å²) in [5.74, 6) is 0. The minimum atomic E-state index is 0.760. The highest BCUT2D eigenvalue weighted by Crippen LogP contribution is 2.33. The molecule has 0 amide bonds. The molecule has 0 atom stereocenters. The molecule has 0 fully saturated rings. The molecule has 25 heavy (non-hydrogen) atoms. The van der Waals surface area contributed by atoms with Crippen molar-refractivity contribution in [2.24, 2.45) is 5.73 Å². The van der Waals surface area contributed by atoms with Gasteiger partial charge in [0.2, 0.25) is 0 Å². The minimum Gasteiger partial charge on any atom is -0.354 e. The number of rotatable bonds is 8. The molecule has 3 N–H and O–H groups in total. The van der Waals surface area contributed by atoms with E-state index in [1.807, 2.05) is 0 Å². The molecule has 0 aliphatic carbocycles. The number of unbranched alkanes of at least 4 members (excludes halogenated alkanes) is 2. The molecular formula is C22H27BrN2. The molecule has 3 aromatic rings. The van der Waals surface area contributed by atoms with Gasteiger partial charge in [-0.25, -0.2) is 0 Å². The smallest absolute Gasteiger partial charge is 0.0497 e. The van der Waals surface area contributed by atoms with E-state index in [4.69, 9.17) is 5.73 Å². The van der Waals surface area contributed by atoms with Gasteiger partial charge < -0.3 is 10.7 Å². The summed E-state index contributed by atoms with van der Waals surface area (Å²) < 4.78 is 1.11. The standard InChI is InChI=1S/C22H27BrN2/c1-2-3-7-16-11-12-21-20(14-16)19(10-4-5-13-24)22(25-21)17-8-6-9-18(23)15-17/h6,8-9,11-12,14-15,25H,2-5,7,10,13,24H2,1H3. The normalized spacial score (nSPS) is 11.3. The van der Waals surface area contributed by atoms with E-state index in [9.17, 15) is 0 Å². The Morgan fingerprint density at radius 2 is 1.88 bits per heavy atom. The molecule has 0 spiro atoms. The van der Waals surface area contributed by atoms with Crippen LogP contribution in [0.2, 0.25) is 0 Å². The Hall–Kier alpha value is -1.58. The summed E-state index contributed by atoms with van der Waals surface area (Å²) in [6.45, 7) is 3.01. The monoisotopic (exact) mass is 398 g/mol. The lowest BCUT2D eigenvalue weighted by molar-refractivity contribution is 0.748. The van der Waals surface area contributed by atoms with Gasteiger partial charge >= 0.3 is 0 Å². The van der Waals surface area contributed by atoms with Crippen molar-refractivity contribution in [3.05, 3.63) is 58.1 Å². The average molecular weight is 399 g/mol. The first-order chi connectivity index (χ1) is 12.2. The van der Waals surface area contributed by atoms with Gasteiger partial charge in [-0.3, -0.25) is 0 Å². The third-order valence-electron chi connectivity index (χ3n) is 4.78. The van der Waals surface area contributed by atoms with Crippen molar-refractivity contribution < 1.29 is 0 Å². The number of H-pyrrole nitrogens is 1. The molecule has 3 heteroatoms. The van der Waals surface area contributed by atoms with Crippen molar-refractivity contribution in [2.75, 3.05) is 6.54 Å². The Morgan fingerprint density at radius 1 is 1.00 bits per heavy atom. The number of nitrogens with one attached hydrogen (secondary N) is 1. The highest BCUT2D eigenvalue weighted by molar-refractivity contribution is 9.10. The number of benzene rings is 2. The summed E-state index contributed by atoms with van der Waals surface area (Å²) in [7, 11) is 0. The number of halogens is 1. The Balaban J connectivity index is 2.06. The Kier molecular flexibility index (Phi) is 6.33. The molecule has 3 rings (SSSR count). The van der Waals surface area contributed by atoms with Crippen LogP contribution in [-0.2, 0) is 12.8 Å². The first-order valence-corrected chi connectivity index (χ1v) is 10.1. The van der Waals surface area contributed by atoms with Crippen molar-refractivity contribution in [2.45, 2.75) is 45.4 Å². The van der Waals surface area contributed by atoms with E-state index >= 15 is 0 Å². The first kappa shape index (κ1) is 18.2. The molecule has 0 saturated carbocycles. The molecule has 1 heterocycles. The maximum atomic E-state index is 5.71. The van der Waals surface area contributed by atoms with Crippen LogP contribution < -0.4 is 5.73 Å². The number of aromatic amines is 1. The number of aryl methyl sites for hydroxylation is 2. The second-order valence-electron chi connectivity index (χ2n) is 6.72. The van der Waals surface area contributed by atoms with Crippen LogP contribution >= 0.6 is 15.9 Å². The first-order valence-electron chi connectivity index (χ1n) is 9.32. The lowest BCUT2D eigenvalue weighted by Crippen LogP contribution is -1.99. The van der Waals surface area contributed by atoms with E-state index in [1.165, 1.54) is 46.1 Å². The molecular weight excluding hydrogens is 372 g/mol. The lowest BCUT2D eigenvalue weighted by atomic mass is 9.98. The van der Waals surface area contributed by atoms with Gasteiger partial charge in [0, 0.05) is 21.1 Å². The Bertz CT molecular complexity index is 835. The zero-order valence-corrected chi connectivity index (χ0v) is 16.5. The van der Waals surface area contributed by atoms with Crippen LogP contribution in [0.4, 0.5) is 0 Å². The third kappa shape index (κ3) is 4.34. The van der Waals surface area contributed by atoms with Crippen LogP contribution in [0.15, 0.2) is 46.9 Å². The van der Waals surface area contributed by atoms with E-state index in [2.05, 4.69) is 70.3 Å². The largest absolute Gasteiger partial charge is 0.354 e. The van der Waals surface area contributed by atoms with E-state index < -0.39 is 0 Å². The van der Waals surface area contributed by atoms with Crippen molar-refractivity contribution in [3.63, 3.8) is 0 Å². The number of hydrogen-bond donors (Lipinski definition) is 2.